The molecule has 1 saturated heterocycles. The van der Waals surface area contributed by atoms with Crippen molar-refractivity contribution in [2.45, 2.75) is 18.4 Å². The van der Waals surface area contributed by atoms with E-state index in [0.29, 0.717) is 22.9 Å². The van der Waals surface area contributed by atoms with E-state index in [4.69, 9.17) is 15.8 Å². The Kier molecular flexibility index (Phi) is 7.35. The highest BCUT2D eigenvalue weighted by atomic mass is 35.5. The number of carbonyl (C=O) groups excluding carboxylic acids is 2. The van der Waals surface area contributed by atoms with Crippen LogP contribution in [-0.4, -0.2) is 29.4 Å². The number of nitrogens with zero attached hydrogens (tertiary/aromatic N) is 2. The molecule has 0 spiro atoms. The van der Waals surface area contributed by atoms with Gasteiger partial charge in [-0.05, 0) is 60.7 Å². The predicted molar refractivity (Wildman–Crippen MR) is 135 cm³/mol. The van der Waals surface area contributed by atoms with Gasteiger partial charge in [-0.3, -0.25) is 24.6 Å². The zero-order valence-corrected chi connectivity index (χ0v) is 21.3. The van der Waals surface area contributed by atoms with Crippen molar-refractivity contribution in [3.8, 4) is 5.75 Å². The van der Waals surface area contributed by atoms with Gasteiger partial charge in [0.1, 0.15) is 16.5 Å². The number of nitro groups is 1. The number of aryl methyl sites for hydroxylation is 1. The van der Waals surface area contributed by atoms with Crippen LogP contribution >= 0.6 is 23.4 Å². The maximum atomic E-state index is 14.1. The molecule has 0 aliphatic carbocycles. The summed E-state index contributed by atoms with van der Waals surface area (Å²) >= 11 is 6.68. The predicted octanol–water partition coefficient (Wildman–Crippen LogP) is 5.70. The lowest BCUT2D eigenvalue weighted by molar-refractivity contribution is -0.385. The quantitative estimate of drug-likeness (QED) is 0.155. The molecule has 0 atom stereocenters. The van der Waals surface area contributed by atoms with Gasteiger partial charge < -0.3 is 4.18 Å². The first kappa shape index (κ1) is 26.3. The monoisotopic (exact) mass is 562 g/mol. The second kappa shape index (κ2) is 10.3. The highest BCUT2D eigenvalue weighted by molar-refractivity contribution is 8.18. The highest BCUT2D eigenvalue weighted by Gasteiger charge is 2.36. The van der Waals surface area contributed by atoms with Gasteiger partial charge >= 0.3 is 10.1 Å². The minimum Gasteiger partial charge on any atom is -0.379 e. The normalized spacial score (nSPS) is 14.9. The Morgan fingerprint density at radius 1 is 1.14 bits per heavy atom. The molecule has 3 aromatic carbocycles. The third kappa shape index (κ3) is 5.66. The van der Waals surface area contributed by atoms with E-state index < -0.39 is 32.0 Å². The van der Waals surface area contributed by atoms with Crippen LogP contribution in [0.4, 0.5) is 14.9 Å². The first-order valence-corrected chi connectivity index (χ1v) is 13.0. The summed E-state index contributed by atoms with van der Waals surface area (Å²) in [5.41, 5.74) is 0.431. The van der Waals surface area contributed by atoms with Gasteiger partial charge in [-0.1, -0.05) is 35.9 Å². The van der Waals surface area contributed by atoms with Gasteiger partial charge in [0.05, 0.1) is 16.4 Å². The van der Waals surface area contributed by atoms with Crippen LogP contribution in [0.1, 0.15) is 16.7 Å². The number of nitro benzene ring substituents is 1. The number of thioether (sulfide) groups is 1. The summed E-state index contributed by atoms with van der Waals surface area (Å²) in [7, 11) is -4.35. The van der Waals surface area contributed by atoms with E-state index in [2.05, 4.69) is 0 Å². The molecule has 4 rings (SSSR count). The van der Waals surface area contributed by atoms with Crippen LogP contribution in [0.15, 0.2) is 70.5 Å². The van der Waals surface area contributed by atoms with Crippen molar-refractivity contribution in [3.63, 3.8) is 0 Å². The lowest BCUT2D eigenvalue weighted by atomic mass is 10.2. The van der Waals surface area contributed by atoms with Gasteiger partial charge in [-0.25, -0.2) is 4.39 Å². The summed E-state index contributed by atoms with van der Waals surface area (Å²) in [5.74, 6) is -1.33. The third-order valence-corrected chi connectivity index (χ3v) is 7.81. The summed E-state index contributed by atoms with van der Waals surface area (Å²) in [6.07, 6.45) is 1.43. The molecular weight excluding hydrogens is 547 g/mol. The Morgan fingerprint density at radius 2 is 1.84 bits per heavy atom. The molecular formula is C24H16ClFN2O7S2. The molecule has 0 saturated carbocycles. The minimum atomic E-state index is -4.35. The van der Waals surface area contributed by atoms with Crippen molar-refractivity contribution in [2.75, 3.05) is 0 Å². The molecule has 1 aliphatic rings. The number of imide groups is 1. The number of carbonyl (C=O) groups is 2. The van der Waals surface area contributed by atoms with Crippen LogP contribution in [0, 0.1) is 22.9 Å². The van der Waals surface area contributed by atoms with Gasteiger partial charge in [0, 0.05) is 22.2 Å². The summed E-state index contributed by atoms with van der Waals surface area (Å²) in [4.78, 5) is 36.2. The zero-order valence-electron chi connectivity index (χ0n) is 18.9. The van der Waals surface area contributed by atoms with Gasteiger partial charge in [0.15, 0.2) is 0 Å². The summed E-state index contributed by atoms with van der Waals surface area (Å²) in [5, 5.41) is 10.6. The number of halogens is 2. The molecule has 1 fully saturated rings. The van der Waals surface area contributed by atoms with Gasteiger partial charge in [-0.15, -0.1) is 0 Å². The number of benzene rings is 3. The standard InChI is InChI=1S/C24H16ClFN2O7S2/c1-14-5-10-17(12-21(14)28(31)32)37(33,34)35-16-8-6-15(7-9-16)11-22-23(29)27(24(30)36-22)13-18-19(25)3-2-4-20(18)26/h2-12H,13H2,1H3/b22-11-. The Labute approximate surface area is 219 Å². The topological polar surface area (TPSA) is 124 Å². The smallest absolute Gasteiger partial charge is 0.339 e. The lowest BCUT2D eigenvalue weighted by Crippen LogP contribution is -2.28. The van der Waals surface area contributed by atoms with Crippen molar-refractivity contribution >= 4 is 56.4 Å². The number of amides is 2. The lowest BCUT2D eigenvalue weighted by Gasteiger charge is -2.14. The van der Waals surface area contributed by atoms with Crippen LogP contribution in [0.5, 0.6) is 5.75 Å². The number of hydrogen-bond donors (Lipinski definition) is 0. The Bertz CT molecular complexity index is 1550. The van der Waals surface area contributed by atoms with Crippen molar-refractivity contribution in [1.29, 1.82) is 0 Å². The Hall–Kier alpha value is -3.74. The second-order valence-electron chi connectivity index (χ2n) is 7.78. The Morgan fingerprint density at radius 3 is 2.49 bits per heavy atom. The zero-order chi connectivity index (χ0) is 26.9. The van der Waals surface area contributed by atoms with Crippen molar-refractivity contribution in [3.05, 3.63) is 103 Å². The Balaban J connectivity index is 1.50. The van der Waals surface area contributed by atoms with Crippen LogP contribution in [0.3, 0.4) is 0 Å². The van der Waals surface area contributed by atoms with E-state index in [-0.39, 0.29) is 38.4 Å². The van der Waals surface area contributed by atoms with Crippen LogP contribution < -0.4 is 4.18 Å². The molecule has 0 aromatic heterocycles. The number of rotatable bonds is 7. The molecule has 1 aliphatic heterocycles. The van der Waals surface area contributed by atoms with E-state index in [0.717, 1.165) is 11.0 Å². The molecule has 190 valence electrons. The van der Waals surface area contributed by atoms with Gasteiger partial charge in [0.25, 0.3) is 16.8 Å². The summed E-state index contributed by atoms with van der Waals surface area (Å²) in [6.45, 7) is 1.16. The highest BCUT2D eigenvalue weighted by Crippen LogP contribution is 2.35. The fourth-order valence-electron chi connectivity index (χ4n) is 3.36. The van der Waals surface area contributed by atoms with Crippen molar-refractivity contribution < 1.29 is 31.5 Å². The third-order valence-electron chi connectivity index (χ3n) is 5.30. The molecule has 0 N–H and O–H groups in total. The van der Waals surface area contributed by atoms with Gasteiger partial charge in [-0.2, -0.15) is 8.42 Å². The van der Waals surface area contributed by atoms with Crippen LogP contribution in [0.2, 0.25) is 5.02 Å². The molecule has 3 aromatic rings. The maximum Gasteiger partial charge on any atom is 0.339 e. The maximum absolute atomic E-state index is 14.1. The first-order valence-electron chi connectivity index (χ1n) is 10.4. The van der Waals surface area contributed by atoms with Crippen molar-refractivity contribution in [2.24, 2.45) is 0 Å². The fraction of sp³-hybridized carbons (Fsp3) is 0.0833. The molecule has 9 nitrogen and oxygen atoms in total. The molecule has 37 heavy (non-hydrogen) atoms. The molecule has 0 radical (unpaired) electrons. The average molecular weight is 563 g/mol. The second-order valence-corrected chi connectivity index (χ2v) is 10.7. The number of hydrogen-bond acceptors (Lipinski definition) is 8. The van der Waals surface area contributed by atoms with E-state index in [9.17, 15) is 32.5 Å². The molecule has 2 amide bonds. The van der Waals surface area contributed by atoms with E-state index >= 15 is 0 Å². The minimum absolute atomic E-state index is 0.0225. The molecule has 0 unspecified atom stereocenters. The van der Waals surface area contributed by atoms with E-state index in [1.54, 1.807) is 0 Å². The summed E-state index contributed by atoms with van der Waals surface area (Å²) < 4.78 is 44.3. The average Bonchev–Trinajstić information content (AvgIpc) is 3.09. The van der Waals surface area contributed by atoms with E-state index in [1.165, 1.54) is 67.6 Å². The molecule has 0 bridgehead atoms. The molecule has 1 heterocycles. The van der Waals surface area contributed by atoms with Crippen LogP contribution in [-0.2, 0) is 21.5 Å². The fourth-order valence-corrected chi connectivity index (χ4v) is 5.38. The van der Waals surface area contributed by atoms with Crippen LogP contribution in [0.25, 0.3) is 6.08 Å². The SMILES string of the molecule is Cc1ccc(S(=O)(=O)Oc2ccc(/C=C3\SC(=O)N(Cc4c(F)cccc4Cl)C3=O)cc2)cc1[N+](=O)[O-]. The first-order chi connectivity index (χ1) is 17.5. The molecule has 13 heteroatoms. The summed E-state index contributed by atoms with van der Waals surface area (Å²) in [6, 6.07) is 13.1. The van der Waals surface area contributed by atoms with Gasteiger partial charge in [0.2, 0.25) is 0 Å². The van der Waals surface area contributed by atoms with E-state index in [1.807, 2.05) is 0 Å². The van der Waals surface area contributed by atoms with Crippen molar-refractivity contribution in [1.82, 2.24) is 4.90 Å². The largest absolute Gasteiger partial charge is 0.379 e.